The number of carbonyl (C=O) groups excluding carboxylic acids is 1. The van der Waals surface area contributed by atoms with Crippen LogP contribution in [0.15, 0.2) is 6.07 Å². The van der Waals surface area contributed by atoms with E-state index in [1.54, 1.807) is 14.0 Å². The quantitative estimate of drug-likeness (QED) is 0.864. The molecule has 0 aliphatic heterocycles. The number of hydrogen-bond acceptors (Lipinski definition) is 4. The van der Waals surface area contributed by atoms with Crippen molar-refractivity contribution in [1.29, 1.82) is 0 Å². The van der Waals surface area contributed by atoms with Crippen molar-refractivity contribution in [3.8, 4) is 5.75 Å². The second kappa shape index (κ2) is 7.91. The summed E-state index contributed by atoms with van der Waals surface area (Å²) in [4.78, 5) is 14.7. The number of halogens is 3. The second-order valence-corrected chi connectivity index (χ2v) is 6.71. The maximum Gasteiger partial charge on any atom is 0.387 e. The predicted octanol–water partition coefficient (Wildman–Crippen LogP) is 3.14. The van der Waals surface area contributed by atoms with Crippen LogP contribution >= 0.6 is 23.7 Å². The molecule has 0 saturated heterocycles. The highest BCUT2D eigenvalue weighted by Gasteiger charge is 2.26. The third kappa shape index (κ3) is 5.76. The SMILES string of the molecule is Cc1cc(OC(F)F)c(C(=O)N(C)CC(C)(C)CN)s1.Cl. The normalized spacial score (nSPS) is 11.2. The lowest BCUT2D eigenvalue weighted by Gasteiger charge is -2.28. The summed E-state index contributed by atoms with van der Waals surface area (Å²) in [6.07, 6.45) is 0. The Labute approximate surface area is 133 Å². The van der Waals surface area contributed by atoms with Crippen molar-refractivity contribution in [1.82, 2.24) is 4.90 Å². The minimum atomic E-state index is -2.94. The molecule has 0 aliphatic carbocycles. The van der Waals surface area contributed by atoms with Crippen molar-refractivity contribution >= 4 is 29.7 Å². The predicted molar refractivity (Wildman–Crippen MR) is 82.7 cm³/mol. The van der Waals surface area contributed by atoms with Crippen molar-refractivity contribution in [2.24, 2.45) is 11.1 Å². The van der Waals surface area contributed by atoms with Gasteiger partial charge in [0.1, 0.15) is 10.6 Å². The van der Waals surface area contributed by atoms with Crippen LogP contribution in [0.2, 0.25) is 0 Å². The molecule has 0 saturated carbocycles. The van der Waals surface area contributed by atoms with Gasteiger partial charge in [0.05, 0.1) is 0 Å². The standard InChI is InChI=1S/C13H20F2N2O2S.ClH/c1-8-5-9(19-12(14)15)10(20-8)11(18)17(4)7-13(2,3)6-16;/h5,12H,6-7,16H2,1-4H3;1H. The molecule has 0 aliphatic rings. The van der Waals surface area contributed by atoms with Gasteiger partial charge in [-0.25, -0.2) is 0 Å². The molecule has 1 heterocycles. The number of alkyl halides is 2. The van der Waals surface area contributed by atoms with Crippen molar-refractivity contribution in [3.63, 3.8) is 0 Å². The number of hydrogen-bond donors (Lipinski definition) is 1. The number of amides is 1. The van der Waals surface area contributed by atoms with E-state index in [1.807, 2.05) is 13.8 Å². The topological polar surface area (TPSA) is 55.6 Å². The number of nitrogens with two attached hydrogens (primary N) is 1. The van der Waals surface area contributed by atoms with Crippen LogP contribution in [0.1, 0.15) is 28.4 Å². The Bertz CT molecular complexity index is 481. The Morgan fingerprint density at radius 1 is 1.52 bits per heavy atom. The summed E-state index contributed by atoms with van der Waals surface area (Å²) in [5.74, 6) is -0.398. The van der Waals surface area contributed by atoms with Crippen LogP contribution in [0.5, 0.6) is 5.75 Å². The van der Waals surface area contributed by atoms with Gasteiger partial charge < -0.3 is 15.4 Å². The molecule has 0 aromatic carbocycles. The summed E-state index contributed by atoms with van der Waals surface area (Å²) in [5.41, 5.74) is 5.40. The Morgan fingerprint density at radius 3 is 2.57 bits per heavy atom. The fourth-order valence-corrected chi connectivity index (χ4v) is 2.71. The maximum absolute atomic E-state index is 12.3. The lowest BCUT2D eigenvalue weighted by atomic mass is 9.93. The van der Waals surface area contributed by atoms with Gasteiger partial charge in [-0.05, 0) is 24.9 Å². The minimum Gasteiger partial charge on any atom is -0.433 e. The van der Waals surface area contributed by atoms with Crippen LogP contribution < -0.4 is 10.5 Å². The van der Waals surface area contributed by atoms with Gasteiger partial charge in [-0.15, -0.1) is 23.7 Å². The number of carbonyl (C=O) groups is 1. The average Bonchev–Trinajstić information content (AvgIpc) is 2.67. The average molecular weight is 343 g/mol. The molecule has 1 aromatic rings. The number of ether oxygens (including phenoxy) is 1. The van der Waals surface area contributed by atoms with Crippen molar-refractivity contribution in [2.45, 2.75) is 27.4 Å². The van der Waals surface area contributed by atoms with E-state index >= 15 is 0 Å². The zero-order valence-electron chi connectivity index (χ0n) is 12.5. The Hall–Kier alpha value is -0.920. The highest BCUT2D eigenvalue weighted by Crippen LogP contribution is 2.31. The highest BCUT2D eigenvalue weighted by molar-refractivity contribution is 7.14. The number of rotatable bonds is 6. The lowest BCUT2D eigenvalue weighted by molar-refractivity contribution is -0.0499. The number of aryl methyl sites for hydroxylation is 1. The van der Waals surface area contributed by atoms with Gasteiger partial charge in [0, 0.05) is 18.5 Å². The summed E-state index contributed by atoms with van der Waals surface area (Å²) >= 11 is 1.15. The molecule has 122 valence electrons. The molecule has 1 rings (SSSR count). The zero-order chi connectivity index (χ0) is 15.5. The largest absolute Gasteiger partial charge is 0.433 e. The summed E-state index contributed by atoms with van der Waals surface area (Å²) in [6, 6.07) is 1.45. The molecule has 0 spiro atoms. The molecule has 0 fully saturated rings. The second-order valence-electron chi connectivity index (χ2n) is 5.46. The summed E-state index contributed by atoms with van der Waals surface area (Å²) in [7, 11) is 1.63. The van der Waals surface area contributed by atoms with Gasteiger partial charge >= 0.3 is 6.61 Å². The van der Waals surface area contributed by atoms with E-state index in [0.29, 0.717) is 13.1 Å². The molecule has 0 atom stereocenters. The first-order valence-electron chi connectivity index (χ1n) is 6.17. The van der Waals surface area contributed by atoms with Crippen LogP contribution in [0.3, 0.4) is 0 Å². The Morgan fingerprint density at radius 2 is 2.10 bits per heavy atom. The van der Waals surface area contributed by atoms with E-state index in [9.17, 15) is 13.6 Å². The summed E-state index contributed by atoms with van der Waals surface area (Å²) < 4.78 is 29.1. The summed E-state index contributed by atoms with van der Waals surface area (Å²) in [5, 5.41) is 0. The van der Waals surface area contributed by atoms with E-state index in [-0.39, 0.29) is 34.4 Å². The first-order chi connectivity index (χ1) is 9.16. The number of thiophene rings is 1. The smallest absolute Gasteiger partial charge is 0.387 e. The maximum atomic E-state index is 12.3. The molecule has 0 unspecified atom stereocenters. The van der Waals surface area contributed by atoms with Crippen LogP contribution in [-0.2, 0) is 0 Å². The van der Waals surface area contributed by atoms with E-state index < -0.39 is 6.61 Å². The van der Waals surface area contributed by atoms with Gasteiger partial charge in [-0.1, -0.05) is 13.8 Å². The first-order valence-corrected chi connectivity index (χ1v) is 6.98. The third-order valence-electron chi connectivity index (χ3n) is 2.80. The fourth-order valence-electron chi connectivity index (χ4n) is 1.78. The highest BCUT2D eigenvalue weighted by atomic mass is 35.5. The minimum absolute atomic E-state index is 0. The Balaban J connectivity index is 0.00000400. The number of nitrogens with zero attached hydrogens (tertiary/aromatic N) is 1. The molecule has 4 nitrogen and oxygen atoms in total. The molecule has 2 N–H and O–H groups in total. The fraction of sp³-hybridized carbons (Fsp3) is 0.615. The molecule has 0 bridgehead atoms. The van der Waals surface area contributed by atoms with E-state index in [2.05, 4.69) is 4.74 Å². The third-order valence-corrected chi connectivity index (χ3v) is 3.82. The molecule has 1 amide bonds. The van der Waals surface area contributed by atoms with E-state index in [1.165, 1.54) is 11.0 Å². The van der Waals surface area contributed by atoms with E-state index in [4.69, 9.17) is 5.73 Å². The zero-order valence-corrected chi connectivity index (χ0v) is 14.1. The van der Waals surface area contributed by atoms with Gasteiger partial charge in [-0.2, -0.15) is 8.78 Å². The van der Waals surface area contributed by atoms with Crippen molar-refractivity contribution in [2.75, 3.05) is 20.1 Å². The van der Waals surface area contributed by atoms with Crippen molar-refractivity contribution in [3.05, 3.63) is 15.8 Å². The van der Waals surface area contributed by atoms with Crippen LogP contribution in [0, 0.1) is 12.3 Å². The molecular weight excluding hydrogens is 322 g/mol. The molecule has 21 heavy (non-hydrogen) atoms. The van der Waals surface area contributed by atoms with Gasteiger partial charge in [-0.3, -0.25) is 4.79 Å². The monoisotopic (exact) mass is 342 g/mol. The molecule has 0 radical (unpaired) electrons. The van der Waals surface area contributed by atoms with Crippen LogP contribution in [0.4, 0.5) is 8.78 Å². The molecular formula is C13H21ClF2N2O2S. The lowest BCUT2D eigenvalue weighted by Crippen LogP contribution is -2.39. The summed E-state index contributed by atoms with van der Waals surface area (Å²) in [6.45, 7) is 3.53. The Kier molecular flexibility index (Phi) is 7.56. The van der Waals surface area contributed by atoms with Crippen LogP contribution in [-0.4, -0.2) is 37.6 Å². The molecule has 8 heteroatoms. The van der Waals surface area contributed by atoms with Crippen molar-refractivity contribution < 1.29 is 18.3 Å². The van der Waals surface area contributed by atoms with E-state index in [0.717, 1.165) is 16.2 Å². The first kappa shape index (κ1) is 20.1. The molecule has 1 aromatic heterocycles. The van der Waals surface area contributed by atoms with Gasteiger partial charge in [0.25, 0.3) is 5.91 Å². The van der Waals surface area contributed by atoms with Gasteiger partial charge in [0.15, 0.2) is 0 Å². The van der Waals surface area contributed by atoms with Gasteiger partial charge in [0.2, 0.25) is 0 Å². The van der Waals surface area contributed by atoms with Crippen LogP contribution in [0.25, 0.3) is 0 Å².